The van der Waals surface area contributed by atoms with Gasteiger partial charge in [-0.1, -0.05) is 37.3 Å². The molecule has 3 aromatic rings. The van der Waals surface area contributed by atoms with Crippen molar-refractivity contribution < 1.29 is 14.6 Å². The van der Waals surface area contributed by atoms with Crippen molar-refractivity contribution in [2.45, 2.75) is 25.9 Å². The lowest BCUT2D eigenvalue weighted by Crippen LogP contribution is -2.51. The van der Waals surface area contributed by atoms with Crippen LogP contribution in [0, 0.1) is 0 Å². The maximum atomic E-state index is 12.3. The number of carbonyl (C=O) groups excluding carboxylic acids is 1. The van der Waals surface area contributed by atoms with Gasteiger partial charge in [0.2, 0.25) is 5.91 Å². The third-order valence-corrected chi connectivity index (χ3v) is 7.21. The topological polar surface area (TPSA) is 77.9 Å². The first-order valence-corrected chi connectivity index (χ1v) is 12.9. The zero-order valence-corrected chi connectivity index (χ0v) is 20.6. The van der Waals surface area contributed by atoms with Crippen LogP contribution in [0.1, 0.15) is 17.5 Å². The van der Waals surface area contributed by atoms with Crippen LogP contribution in [0.5, 0.6) is 5.75 Å². The number of nitrogens with one attached hydrogen (secondary N) is 1. The van der Waals surface area contributed by atoms with Gasteiger partial charge in [-0.25, -0.2) is 4.98 Å². The lowest BCUT2D eigenvalue weighted by Gasteiger charge is -2.35. The van der Waals surface area contributed by atoms with E-state index in [1.54, 1.807) is 11.3 Å². The summed E-state index contributed by atoms with van der Waals surface area (Å²) in [5, 5.41) is 14.6. The molecular formula is C26H34N4O3S. The van der Waals surface area contributed by atoms with Gasteiger partial charge in [-0.3, -0.25) is 14.6 Å². The van der Waals surface area contributed by atoms with E-state index in [2.05, 4.69) is 39.2 Å². The van der Waals surface area contributed by atoms with Gasteiger partial charge in [-0.15, -0.1) is 11.3 Å². The number of rotatable bonds is 11. The highest BCUT2D eigenvalue weighted by Crippen LogP contribution is 2.26. The number of aromatic nitrogens is 1. The van der Waals surface area contributed by atoms with Crippen molar-refractivity contribution in [1.29, 1.82) is 0 Å². The number of aliphatic hydroxyl groups excluding tert-OH is 1. The molecule has 1 amide bonds. The molecule has 7 nitrogen and oxygen atoms in total. The Labute approximate surface area is 205 Å². The molecule has 1 saturated heterocycles. The summed E-state index contributed by atoms with van der Waals surface area (Å²) < 4.78 is 6.99. The fourth-order valence-corrected chi connectivity index (χ4v) is 5.01. The van der Waals surface area contributed by atoms with Gasteiger partial charge in [0.25, 0.3) is 0 Å². The van der Waals surface area contributed by atoms with Crippen LogP contribution in [0.3, 0.4) is 0 Å². The predicted molar refractivity (Wildman–Crippen MR) is 137 cm³/mol. The van der Waals surface area contributed by atoms with Crippen molar-refractivity contribution in [3.8, 4) is 5.75 Å². The first-order chi connectivity index (χ1) is 16.6. The van der Waals surface area contributed by atoms with Crippen molar-refractivity contribution in [1.82, 2.24) is 20.1 Å². The summed E-state index contributed by atoms with van der Waals surface area (Å²) in [4.78, 5) is 21.3. The average Bonchev–Trinajstić information content (AvgIpc) is 3.27. The number of β-amino-alcohol motifs (C(OH)–C–C–N with tert-alkyl or cyclic N) is 1. The normalized spacial score (nSPS) is 15.9. The first-order valence-electron chi connectivity index (χ1n) is 12.0. The van der Waals surface area contributed by atoms with Gasteiger partial charge in [0, 0.05) is 45.3 Å². The number of hydrogen-bond donors (Lipinski definition) is 2. The van der Waals surface area contributed by atoms with E-state index in [9.17, 15) is 9.90 Å². The van der Waals surface area contributed by atoms with Gasteiger partial charge in [-0.05, 0) is 30.5 Å². The molecule has 0 bridgehead atoms. The molecule has 0 aliphatic carbocycles. The summed E-state index contributed by atoms with van der Waals surface area (Å²) in [6.07, 6.45) is 1.21. The van der Waals surface area contributed by atoms with Crippen molar-refractivity contribution in [3.63, 3.8) is 0 Å². The standard InChI is InChI=1S/C26H34N4O3S/c1-2-26-28-23-16-22(8-9-24(23)34-26)33-19-21(31)17-29-12-14-30(15-13-29)18-25(32)27-11-10-20-6-4-3-5-7-20/h3-9,16,21,31H,2,10-15,17-19H2,1H3,(H,27,32). The molecule has 2 N–H and O–H groups in total. The second-order valence-electron chi connectivity index (χ2n) is 8.72. The maximum Gasteiger partial charge on any atom is 0.234 e. The van der Waals surface area contributed by atoms with E-state index >= 15 is 0 Å². The van der Waals surface area contributed by atoms with E-state index in [0.29, 0.717) is 19.6 Å². The van der Waals surface area contributed by atoms with Crippen LogP contribution >= 0.6 is 11.3 Å². The Hall–Kier alpha value is -2.52. The van der Waals surface area contributed by atoms with E-state index < -0.39 is 6.10 Å². The number of thiazole rings is 1. The third-order valence-electron chi connectivity index (χ3n) is 6.03. The molecule has 34 heavy (non-hydrogen) atoms. The second kappa shape index (κ2) is 12.3. The molecule has 1 aliphatic rings. The summed E-state index contributed by atoms with van der Waals surface area (Å²) >= 11 is 1.71. The fourth-order valence-electron chi connectivity index (χ4n) is 4.12. The summed E-state index contributed by atoms with van der Waals surface area (Å²) in [5.74, 6) is 0.809. The molecule has 2 aromatic carbocycles. The zero-order chi connectivity index (χ0) is 23.8. The van der Waals surface area contributed by atoms with Gasteiger partial charge >= 0.3 is 0 Å². The van der Waals surface area contributed by atoms with Gasteiger partial charge in [0.1, 0.15) is 18.5 Å². The minimum atomic E-state index is -0.565. The Morgan fingerprint density at radius 2 is 1.91 bits per heavy atom. The Bertz CT molecular complexity index is 1050. The van der Waals surface area contributed by atoms with Gasteiger partial charge in [0.15, 0.2) is 0 Å². The van der Waals surface area contributed by atoms with E-state index in [1.165, 1.54) is 5.56 Å². The Morgan fingerprint density at radius 3 is 2.68 bits per heavy atom. The molecule has 182 valence electrons. The van der Waals surface area contributed by atoms with Crippen LogP contribution in [0.15, 0.2) is 48.5 Å². The minimum Gasteiger partial charge on any atom is -0.491 e. The molecule has 1 aliphatic heterocycles. The third kappa shape index (κ3) is 7.24. The summed E-state index contributed by atoms with van der Waals surface area (Å²) in [7, 11) is 0. The highest BCUT2D eigenvalue weighted by atomic mass is 32.1. The SMILES string of the molecule is CCc1nc2cc(OCC(O)CN3CCN(CC(=O)NCCc4ccccc4)CC3)ccc2s1. The number of benzene rings is 2. The second-order valence-corrected chi connectivity index (χ2v) is 9.83. The molecule has 8 heteroatoms. The van der Waals surface area contributed by atoms with E-state index in [0.717, 1.165) is 60.0 Å². The number of aryl methyl sites for hydroxylation is 1. The first kappa shape index (κ1) is 24.6. The summed E-state index contributed by atoms with van der Waals surface area (Å²) in [6.45, 7) is 7.30. The van der Waals surface area contributed by atoms with Crippen LogP contribution in [0.4, 0.5) is 0 Å². The number of aliphatic hydroxyl groups is 1. The lowest BCUT2D eigenvalue weighted by atomic mass is 10.1. The highest BCUT2D eigenvalue weighted by Gasteiger charge is 2.21. The monoisotopic (exact) mass is 482 g/mol. The van der Waals surface area contributed by atoms with Gasteiger partial charge in [0.05, 0.1) is 21.8 Å². The minimum absolute atomic E-state index is 0.0703. The lowest BCUT2D eigenvalue weighted by molar-refractivity contribution is -0.122. The smallest absolute Gasteiger partial charge is 0.234 e. The number of hydrogen-bond acceptors (Lipinski definition) is 7. The summed E-state index contributed by atoms with van der Waals surface area (Å²) in [6, 6.07) is 16.1. The molecule has 1 fully saturated rings. The van der Waals surface area contributed by atoms with Crippen LogP contribution < -0.4 is 10.1 Å². The number of ether oxygens (including phenoxy) is 1. The Kier molecular flexibility index (Phi) is 8.87. The Balaban J connectivity index is 1.11. The molecule has 1 unspecified atom stereocenters. The van der Waals surface area contributed by atoms with Gasteiger partial charge in [-0.2, -0.15) is 0 Å². The van der Waals surface area contributed by atoms with E-state index in [1.807, 2.05) is 36.4 Å². The largest absolute Gasteiger partial charge is 0.491 e. The van der Waals surface area contributed by atoms with Crippen LogP contribution in [-0.2, 0) is 17.6 Å². The van der Waals surface area contributed by atoms with Crippen LogP contribution in [0.2, 0.25) is 0 Å². The van der Waals surface area contributed by atoms with Gasteiger partial charge < -0.3 is 15.2 Å². The molecule has 4 rings (SSSR count). The Morgan fingerprint density at radius 1 is 1.15 bits per heavy atom. The van der Waals surface area contributed by atoms with E-state index in [-0.39, 0.29) is 12.5 Å². The maximum absolute atomic E-state index is 12.3. The molecule has 0 saturated carbocycles. The predicted octanol–water partition coefficient (Wildman–Crippen LogP) is 2.57. The molecule has 0 radical (unpaired) electrons. The van der Waals surface area contributed by atoms with Crippen LogP contribution in [-0.4, -0.2) is 84.3 Å². The average molecular weight is 483 g/mol. The van der Waals surface area contributed by atoms with E-state index in [4.69, 9.17) is 4.74 Å². The molecule has 0 spiro atoms. The molecular weight excluding hydrogens is 448 g/mol. The quantitative estimate of drug-likeness (QED) is 0.438. The number of carbonyl (C=O) groups is 1. The number of fused-ring (bicyclic) bond motifs is 1. The fraction of sp³-hybridized carbons (Fsp3) is 0.462. The highest BCUT2D eigenvalue weighted by molar-refractivity contribution is 7.18. The van der Waals surface area contributed by atoms with Crippen LogP contribution in [0.25, 0.3) is 10.2 Å². The molecule has 1 aromatic heterocycles. The van der Waals surface area contributed by atoms with Crippen molar-refractivity contribution in [3.05, 3.63) is 59.1 Å². The molecule has 2 heterocycles. The van der Waals surface area contributed by atoms with Crippen molar-refractivity contribution >= 4 is 27.5 Å². The molecule has 1 atom stereocenters. The zero-order valence-electron chi connectivity index (χ0n) is 19.8. The number of piperazine rings is 1. The summed E-state index contributed by atoms with van der Waals surface area (Å²) in [5.41, 5.74) is 2.18. The number of nitrogens with zero attached hydrogens (tertiary/aromatic N) is 3. The number of amides is 1. The van der Waals surface area contributed by atoms with Crippen molar-refractivity contribution in [2.75, 3.05) is 52.4 Å². The van der Waals surface area contributed by atoms with Crippen molar-refractivity contribution in [2.24, 2.45) is 0 Å².